The molecule has 2 aromatic heterocycles. The number of amides is 1. The molecule has 4 heterocycles. The van der Waals surface area contributed by atoms with E-state index in [1.54, 1.807) is 6.20 Å². The highest BCUT2D eigenvalue weighted by molar-refractivity contribution is 5.94. The number of carbonyl (C=O) groups is 1. The predicted octanol–water partition coefficient (Wildman–Crippen LogP) is 2.62. The van der Waals surface area contributed by atoms with Crippen molar-refractivity contribution < 1.29 is 9.53 Å². The Morgan fingerprint density at radius 1 is 1.21 bits per heavy atom. The number of aryl methyl sites for hydroxylation is 1. The van der Waals surface area contributed by atoms with Crippen LogP contribution in [0.1, 0.15) is 53.9 Å². The Morgan fingerprint density at radius 3 is 2.64 bits per heavy atom. The smallest absolute Gasteiger partial charge is 0.253 e. The average Bonchev–Trinajstić information content (AvgIpc) is 3.29. The van der Waals surface area contributed by atoms with Gasteiger partial charge in [0.2, 0.25) is 0 Å². The number of pyridine rings is 1. The first-order valence-corrected chi connectivity index (χ1v) is 10.1. The van der Waals surface area contributed by atoms with E-state index in [0.717, 1.165) is 42.5 Å². The first kappa shape index (κ1) is 18.9. The van der Waals surface area contributed by atoms with E-state index in [-0.39, 0.29) is 18.1 Å². The van der Waals surface area contributed by atoms with E-state index in [4.69, 9.17) is 4.74 Å². The first-order chi connectivity index (χ1) is 13.5. The summed E-state index contributed by atoms with van der Waals surface area (Å²) in [7, 11) is 1.91. The molecule has 2 fully saturated rings. The van der Waals surface area contributed by atoms with Crippen LogP contribution in [-0.2, 0) is 11.8 Å². The normalized spacial score (nSPS) is 23.2. The summed E-state index contributed by atoms with van der Waals surface area (Å²) in [6, 6.07) is 3.77. The third-order valence-electron chi connectivity index (χ3n) is 6.11. The van der Waals surface area contributed by atoms with Crippen LogP contribution in [0.4, 0.5) is 5.82 Å². The van der Waals surface area contributed by atoms with Crippen LogP contribution in [0.15, 0.2) is 24.5 Å². The Hall–Kier alpha value is -2.41. The molecule has 0 aliphatic carbocycles. The van der Waals surface area contributed by atoms with Gasteiger partial charge in [0, 0.05) is 44.2 Å². The van der Waals surface area contributed by atoms with Crippen molar-refractivity contribution in [3.05, 3.63) is 41.3 Å². The number of hydrogen-bond acceptors (Lipinski definition) is 5. The molecule has 2 aliphatic heterocycles. The fourth-order valence-electron chi connectivity index (χ4n) is 4.04. The third kappa shape index (κ3) is 3.76. The number of nitrogens with one attached hydrogen (secondary N) is 1. The largest absolute Gasteiger partial charge is 0.371 e. The number of hydrogen-bond donors (Lipinski definition) is 1. The van der Waals surface area contributed by atoms with Crippen molar-refractivity contribution in [3.63, 3.8) is 0 Å². The number of anilines is 1. The molecule has 2 aliphatic rings. The maximum absolute atomic E-state index is 12.8. The van der Waals surface area contributed by atoms with Crippen molar-refractivity contribution >= 4 is 11.7 Å². The summed E-state index contributed by atoms with van der Waals surface area (Å²) in [5, 5.41) is 7.43. The van der Waals surface area contributed by atoms with Crippen LogP contribution in [0.2, 0.25) is 0 Å². The second-order valence-electron chi connectivity index (χ2n) is 8.04. The topological polar surface area (TPSA) is 72.3 Å². The summed E-state index contributed by atoms with van der Waals surface area (Å²) in [4.78, 5) is 19.6. The van der Waals surface area contributed by atoms with Crippen LogP contribution >= 0.6 is 0 Å². The summed E-state index contributed by atoms with van der Waals surface area (Å²) < 4.78 is 7.73. The Bertz CT molecular complexity index is 824. The number of aromatic nitrogens is 3. The highest BCUT2D eigenvalue weighted by Gasteiger charge is 2.33. The Morgan fingerprint density at radius 2 is 2.00 bits per heavy atom. The summed E-state index contributed by atoms with van der Waals surface area (Å²) in [5.41, 5.74) is 2.69. The van der Waals surface area contributed by atoms with E-state index in [2.05, 4.69) is 27.2 Å². The molecule has 4 rings (SSSR count). The summed E-state index contributed by atoms with van der Waals surface area (Å²) >= 11 is 0. The summed E-state index contributed by atoms with van der Waals surface area (Å²) in [6.07, 6.45) is 6.55. The molecule has 2 aromatic rings. The zero-order valence-corrected chi connectivity index (χ0v) is 16.9. The van der Waals surface area contributed by atoms with Gasteiger partial charge in [0.1, 0.15) is 11.9 Å². The summed E-state index contributed by atoms with van der Waals surface area (Å²) in [5.74, 6) is 1.64. The van der Waals surface area contributed by atoms with Crippen LogP contribution in [0, 0.1) is 12.8 Å². The maximum Gasteiger partial charge on any atom is 0.253 e. The van der Waals surface area contributed by atoms with E-state index in [0.29, 0.717) is 12.2 Å². The van der Waals surface area contributed by atoms with Gasteiger partial charge in [-0.1, -0.05) is 6.92 Å². The molecule has 0 aromatic carbocycles. The summed E-state index contributed by atoms with van der Waals surface area (Å²) in [6.45, 7) is 7.02. The van der Waals surface area contributed by atoms with Gasteiger partial charge in [0.15, 0.2) is 0 Å². The standard InChI is InChI=1S/C21H29N5O2/c1-14-6-9-26(10-7-14)19-5-4-16(12-22-19)21(27)24-18-8-11-28-20(18)17-13-23-25(3)15(17)2/h4-5,12-14,18,20H,6-11H2,1-3H3,(H,24,27)/t18-,20+/m0/s1. The molecule has 150 valence electrons. The van der Waals surface area contributed by atoms with Gasteiger partial charge < -0.3 is 15.0 Å². The van der Waals surface area contributed by atoms with E-state index in [9.17, 15) is 4.79 Å². The molecule has 1 N–H and O–H groups in total. The number of ether oxygens (including phenoxy) is 1. The quantitative estimate of drug-likeness (QED) is 0.879. The van der Waals surface area contributed by atoms with Gasteiger partial charge in [0.25, 0.3) is 5.91 Å². The molecule has 7 nitrogen and oxygen atoms in total. The van der Waals surface area contributed by atoms with Crippen LogP contribution in [0.25, 0.3) is 0 Å². The van der Waals surface area contributed by atoms with Gasteiger partial charge >= 0.3 is 0 Å². The monoisotopic (exact) mass is 383 g/mol. The minimum atomic E-state index is -0.153. The average molecular weight is 383 g/mol. The zero-order chi connectivity index (χ0) is 19.7. The van der Waals surface area contributed by atoms with Gasteiger partial charge in [-0.15, -0.1) is 0 Å². The molecule has 0 radical (unpaired) electrons. The second kappa shape index (κ2) is 7.91. The van der Waals surface area contributed by atoms with Crippen LogP contribution in [-0.4, -0.2) is 46.4 Å². The van der Waals surface area contributed by atoms with Gasteiger partial charge in [-0.05, 0) is 44.2 Å². The van der Waals surface area contributed by atoms with Crippen molar-refractivity contribution in [1.82, 2.24) is 20.1 Å². The number of nitrogens with zero attached hydrogens (tertiary/aromatic N) is 4. The zero-order valence-electron chi connectivity index (χ0n) is 16.9. The highest BCUT2D eigenvalue weighted by Crippen LogP contribution is 2.31. The van der Waals surface area contributed by atoms with Crippen molar-refractivity contribution in [3.8, 4) is 0 Å². The SMILES string of the molecule is Cc1c([C@H]2OCC[C@@H]2NC(=O)c2ccc(N3CCC(C)CC3)nc2)cnn1C. The van der Waals surface area contributed by atoms with Gasteiger partial charge in [0.05, 0.1) is 17.8 Å². The second-order valence-corrected chi connectivity index (χ2v) is 8.04. The van der Waals surface area contributed by atoms with E-state index >= 15 is 0 Å². The first-order valence-electron chi connectivity index (χ1n) is 10.1. The molecule has 7 heteroatoms. The van der Waals surface area contributed by atoms with Crippen molar-refractivity contribution in [2.45, 2.75) is 45.3 Å². The Kier molecular flexibility index (Phi) is 5.35. The lowest BCUT2D eigenvalue weighted by molar-refractivity contribution is 0.0819. The predicted molar refractivity (Wildman–Crippen MR) is 107 cm³/mol. The molecule has 0 spiro atoms. The van der Waals surface area contributed by atoms with Crippen molar-refractivity contribution in [2.24, 2.45) is 13.0 Å². The fraction of sp³-hybridized carbons (Fsp3) is 0.571. The molecular formula is C21H29N5O2. The van der Waals surface area contributed by atoms with Gasteiger partial charge in [-0.25, -0.2) is 4.98 Å². The number of piperidine rings is 1. The minimum absolute atomic E-state index is 0.0568. The van der Waals surface area contributed by atoms with Gasteiger partial charge in [-0.2, -0.15) is 5.10 Å². The number of rotatable bonds is 4. The maximum atomic E-state index is 12.8. The Balaban J connectivity index is 1.41. The lowest BCUT2D eigenvalue weighted by Crippen LogP contribution is -2.37. The lowest BCUT2D eigenvalue weighted by atomic mass is 9.99. The molecule has 2 atom stereocenters. The van der Waals surface area contributed by atoms with Crippen LogP contribution < -0.4 is 10.2 Å². The van der Waals surface area contributed by atoms with Crippen LogP contribution in [0.3, 0.4) is 0 Å². The molecule has 28 heavy (non-hydrogen) atoms. The van der Waals surface area contributed by atoms with Gasteiger partial charge in [-0.3, -0.25) is 9.48 Å². The molecule has 2 saturated heterocycles. The van der Waals surface area contributed by atoms with E-state index < -0.39 is 0 Å². The minimum Gasteiger partial charge on any atom is -0.371 e. The molecule has 1 amide bonds. The molecule has 0 unspecified atom stereocenters. The fourth-order valence-corrected chi connectivity index (χ4v) is 4.04. The molecule has 0 bridgehead atoms. The van der Waals surface area contributed by atoms with Crippen molar-refractivity contribution in [2.75, 3.05) is 24.6 Å². The van der Waals surface area contributed by atoms with Crippen molar-refractivity contribution in [1.29, 1.82) is 0 Å². The molecule has 0 saturated carbocycles. The molecular weight excluding hydrogens is 354 g/mol. The van der Waals surface area contributed by atoms with E-state index in [1.165, 1.54) is 12.8 Å². The Labute approximate surface area is 166 Å². The van der Waals surface area contributed by atoms with E-state index in [1.807, 2.05) is 37.0 Å². The number of carbonyl (C=O) groups excluding carboxylic acids is 1. The lowest BCUT2D eigenvalue weighted by Gasteiger charge is -2.31. The third-order valence-corrected chi connectivity index (χ3v) is 6.11. The van der Waals surface area contributed by atoms with Crippen LogP contribution in [0.5, 0.6) is 0 Å². The highest BCUT2D eigenvalue weighted by atomic mass is 16.5.